The number of benzene rings is 1. The van der Waals surface area contributed by atoms with Gasteiger partial charge in [0.25, 0.3) is 0 Å². The highest BCUT2D eigenvalue weighted by Crippen LogP contribution is 2.20. The lowest BCUT2D eigenvalue weighted by Gasteiger charge is -2.18. The minimum absolute atomic E-state index is 0.182. The van der Waals surface area contributed by atoms with Gasteiger partial charge in [-0.25, -0.2) is 4.79 Å². The third kappa shape index (κ3) is 4.32. The van der Waals surface area contributed by atoms with E-state index < -0.39 is 0 Å². The van der Waals surface area contributed by atoms with Crippen molar-refractivity contribution >= 4 is 6.03 Å². The highest BCUT2D eigenvalue weighted by atomic mass is 16.5. The van der Waals surface area contributed by atoms with E-state index in [0.29, 0.717) is 12.3 Å². The van der Waals surface area contributed by atoms with Crippen molar-refractivity contribution in [2.24, 2.45) is 0 Å². The number of aryl methyl sites for hydroxylation is 2. The van der Waals surface area contributed by atoms with Crippen LogP contribution in [0.2, 0.25) is 0 Å². The van der Waals surface area contributed by atoms with Crippen LogP contribution in [0.4, 0.5) is 4.79 Å². The van der Waals surface area contributed by atoms with Gasteiger partial charge in [0.1, 0.15) is 5.76 Å². The molecule has 6 heteroatoms. The highest BCUT2D eigenvalue weighted by molar-refractivity contribution is 5.74. The molecule has 0 saturated carbocycles. The number of ether oxygens (including phenoxy) is 1. The average Bonchev–Trinajstić information content (AvgIpc) is 2.88. The lowest BCUT2D eigenvalue weighted by atomic mass is 10.1. The monoisotopic (exact) mass is 317 g/mol. The van der Waals surface area contributed by atoms with E-state index in [-0.39, 0.29) is 18.2 Å². The second kappa shape index (κ2) is 7.78. The van der Waals surface area contributed by atoms with Gasteiger partial charge in [-0.2, -0.15) is 0 Å². The Morgan fingerprint density at radius 3 is 2.57 bits per heavy atom. The molecule has 124 valence electrons. The van der Waals surface area contributed by atoms with E-state index in [4.69, 9.17) is 9.26 Å². The van der Waals surface area contributed by atoms with Gasteiger partial charge < -0.3 is 19.9 Å². The predicted octanol–water partition coefficient (Wildman–Crippen LogP) is 3.04. The number of nitrogens with one attached hydrogen (secondary N) is 2. The minimum atomic E-state index is -0.254. The molecule has 1 heterocycles. The van der Waals surface area contributed by atoms with Crippen LogP contribution < -0.4 is 10.6 Å². The van der Waals surface area contributed by atoms with Crippen LogP contribution in [-0.4, -0.2) is 24.8 Å². The average molecular weight is 317 g/mol. The van der Waals surface area contributed by atoms with Crippen molar-refractivity contribution in [1.29, 1.82) is 0 Å². The van der Waals surface area contributed by atoms with E-state index in [1.165, 1.54) is 0 Å². The smallest absolute Gasteiger partial charge is 0.315 e. The maximum Gasteiger partial charge on any atom is 0.315 e. The molecule has 1 aromatic carbocycles. The van der Waals surface area contributed by atoms with Crippen molar-refractivity contribution in [2.75, 3.05) is 13.7 Å². The summed E-state index contributed by atoms with van der Waals surface area (Å²) in [7, 11) is 1.63. The minimum Gasteiger partial charge on any atom is -0.375 e. The summed E-state index contributed by atoms with van der Waals surface area (Å²) in [5.74, 6) is 0.717. The zero-order chi connectivity index (χ0) is 16.8. The number of aromatic nitrogens is 1. The molecule has 0 aliphatic heterocycles. The Hall–Kier alpha value is -2.34. The fourth-order valence-corrected chi connectivity index (χ4v) is 2.62. The summed E-state index contributed by atoms with van der Waals surface area (Å²) in [6, 6.07) is 9.35. The zero-order valence-electron chi connectivity index (χ0n) is 13.9. The maximum absolute atomic E-state index is 12.1. The normalized spacial score (nSPS) is 13.4. The highest BCUT2D eigenvalue weighted by Gasteiger charge is 2.19. The zero-order valence-corrected chi connectivity index (χ0v) is 13.9. The van der Waals surface area contributed by atoms with Crippen LogP contribution in [0.3, 0.4) is 0 Å². The summed E-state index contributed by atoms with van der Waals surface area (Å²) in [5, 5.41) is 9.63. The van der Waals surface area contributed by atoms with Gasteiger partial charge in [0.05, 0.1) is 17.8 Å². The molecule has 2 amide bonds. The molecule has 0 aliphatic rings. The Balaban J connectivity index is 1.89. The van der Waals surface area contributed by atoms with E-state index in [2.05, 4.69) is 15.8 Å². The fraction of sp³-hybridized carbons (Fsp3) is 0.412. The van der Waals surface area contributed by atoms with Crippen molar-refractivity contribution in [3.05, 3.63) is 52.9 Å². The Bertz CT molecular complexity index is 620. The number of amides is 2. The molecule has 0 bridgehead atoms. The Morgan fingerprint density at radius 1 is 1.30 bits per heavy atom. The van der Waals surface area contributed by atoms with Crippen LogP contribution in [0.25, 0.3) is 0 Å². The van der Waals surface area contributed by atoms with E-state index in [0.717, 1.165) is 16.8 Å². The molecule has 0 aliphatic carbocycles. The molecule has 23 heavy (non-hydrogen) atoms. The first kappa shape index (κ1) is 17.0. The Labute approximate surface area is 136 Å². The van der Waals surface area contributed by atoms with Crippen molar-refractivity contribution in [1.82, 2.24) is 15.8 Å². The number of hydrogen-bond donors (Lipinski definition) is 2. The maximum atomic E-state index is 12.1. The first-order chi connectivity index (χ1) is 11.0. The molecule has 1 aromatic heterocycles. The second-order valence-electron chi connectivity index (χ2n) is 5.45. The van der Waals surface area contributed by atoms with Gasteiger partial charge in [0, 0.05) is 19.2 Å². The van der Waals surface area contributed by atoms with Gasteiger partial charge in [0.2, 0.25) is 0 Å². The summed E-state index contributed by atoms with van der Waals surface area (Å²) < 4.78 is 10.6. The van der Waals surface area contributed by atoms with Crippen molar-refractivity contribution in [3.8, 4) is 0 Å². The Kier molecular flexibility index (Phi) is 5.76. The van der Waals surface area contributed by atoms with Gasteiger partial charge in [-0.15, -0.1) is 0 Å². The van der Waals surface area contributed by atoms with Crippen LogP contribution in [-0.2, 0) is 4.74 Å². The quantitative estimate of drug-likeness (QED) is 0.858. The molecule has 2 N–H and O–H groups in total. The molecular formula is C17H23N3O3. The van der Waals surface area contributed by atoms with Crippen LogP contribution in [0.15, 0.2) is 34.9 Å². The Morgan fingerprint density at radius 2 is 2.00 bits per heavy atom. The standard InChI is InChI=1S/C17H23N3O3/c1-11(16-12(2)20-23-13(16)3)19-17(21)18-10-15(22-4)14-8-6-5-7-9-14/h5-9,11,15H,10H2,1-4H3,(H2,18,19,21). The molecule has 0 spiro atoms. The summed E-state index contributed by atoms with van der Waals surface area (Å²) in [5.41, 5.74) is 2.72. The van der Waals surface area contributed by atoms with Gasteiger partial charge in [-0.05, 0) is 26.3 Å². The summed E-state index contributed by atoms with van der Waals surface area (Å²) in [6.45, 7) is 5.98. The summed E-state index contributed by atoms with van der Waals surface area (Å²) >= 11 is 0. The van der Waals surface area contributed by atoms with Gasteiger partial charge in [0.15, 0.2) is 0 Å². The first-order valence-electron chi connectivity index (χ1n) is 7.57. The molecule has 2 unspecified atom stereocenters. The summed E-state index contributed by atoms with van der Waals surface area (Å²) in [4.78, 5) is 12.1. The van der Waals surface area contributed by atoms with Crippen molar-refractivity contribution < 1.29 is 14.1 Å². The van der Waals surface area contributed by atoms with Crippen LogP contribution >= 0.6 is 0 Å². The molecule has 2 atom stereocenters. The summed E-state index contributed by atoms with van der Waals surface area (Å²) in [6.07, 6.45) is -0.184. The van der Waals surface area contributed by atoms with Gasteiger partial charge >= 0.3 is 6.03 Å². The van der Waals surface area contributed by atoms with E-state index in [1.807, 2.05) is 51.1 Å². The SMILES string of the molecule is COC(CNC(=O)NC(C)c1c(C)noc1C)c1ccccc1. The third-order valence-corrected chi connectivity index (χ3v) is 3.77. The number of nitrogens with zero attached hydrogens (tertiary/aromatic N) is 1. The first-order valence-corrected chi connectivity index (χ1v) is 7.57. The lowest BCUT2D eigenvalue weighted by Crippen LogP contribution is -2.39. The third-order valence-electron chi connectivity index (χ3n) is 3.77. The van der Waals surface area contributed by atoms with Gasteiger partial charge in [-0.3, -0.25) is 0 Å². The van der Waals surface area contributed by atoms with Crippen LogP contribution in [0.1, 0.15) is 41.7 Å². The fourth-order valence-electron chi connectivity index (χ4n) is 2.62. The largest absolute Gasteiger partial charge is 0.375 e. The molecule has 2 aromatic rings. The number of rotatable bonds is 6. The number of carbonyl (C=O) groups is 1. The number of hydrogen-bond acceptors (Lipinski definition) is 4. The van der Waals surface area contributed by atoms with E-state index in [1.54, 1.807) is 7.11 Å². The molecule has 0 fully saturated rings. The number of methoxy groups -OCH3 is 1. The predicted molar refractivity (Wildman–Crippen MR) is 87.1 cm³/mol. The number of carbonyl (C=O) groups excluding carboxylic acids is 1. The van der Waals surface area contributed by atoms with Crippen molar-refractivity contribution in [2.45, 2.75) is 32.9 Å². The van der Waals surface area contributed by atoms with Crippen LogP contribution in [0, 0.1) is 13.8 Å². The molecule has 2 rings (SSSR count). The van der Waals surface area contributed by atoms with E-state index >= 15 is 0 Å². The molecule has 0 radical (unpaired) electrons. The van der Waals surface area contributed by atoms with Crippen molar-refractivity contribution in [3.63, 3.8) is 0 Å². The topological polar surface area (TPSA) is 76.4 Å². The number of urea groups is 1. The van der Waals surface area contributed by atoms with Gasteiger partial charge in [-0.1, -0.05) is 35.5 Å². The second-order valence-corrected chi connectivity index (χ2v) is 5.45. The molecule has 0 saturated heterocycles. The molecular weight excluding hydrogens is 294 g/mol. The molecule has 6 nitrogen and oxygen atoms in total. The lowest BCUT2D eigenvalue weighted by molar-refractivity contribution is 0.104. The van der Waals surface area contributed by atoms with Crippen LogP contribution in [0.5, 0.6) is 0 Å². The van der Waals surface area contributed by atoms with E-state index in [9.17, 15) is 4.79 Å².